The summed E-state index contributed by atoms with van der Waals surface area (Å²) in [4.78, 5) is 26.4. The molecule has 0 aromatic rings. The molecule has 0 aromatic heterocycles. The van der Waals surface area contributed by atoms with E-state index in [4.69, 9.17) is 0 Å². The fraction of sp³-hybridized carbons (Fsp3) is 0.867. The summed E-state index contributed by atoms with van der Waals surface area (Å²) in [5, 5.41) is 6.41. The van der Waals surface area contributed by atoms with Gasteiger partial charge in [0.1, 0.15) is 0 Å². The van der Waals surface area contributed by atoms with Crippen molar-refractivity contribution < 1.29 is 9.59 Å². The first-order chi connectivity index (χ1) is 9.74. The number of halogens is 1. The Morgan fingerprint density at radius 2 is 1.95 bits per heavy atom. The molecule has 3 rings (SSSR count). The van der Waals surface area contributed by atoms with Crippen molar-refractivity contribution in [2.24, 2.45) is 5.92 Å². The van der Waals surface area contributed by atoms with Crippen LogP contribution in [0.4, 0.5) is 0 Å². The lowest BCUT2D eigenvalue weighted by molar-refractivity contribution is -0.130. The van der Waals surface area contributed by atoms with Crippen LogP contribution in [0.1, 0.15) is 44.9 Å². The number of piperidine rings is 1. The highest BCUT2D eigenvalue weighted by Crippen LogP contribution is 2.29. The van der Waals surface area contributed by atoms with Crippen molar-refractivity contribution in [3.63, 3.8) is 0 Å². The lowest BCUT2D eigenvalue weighted by atomic mass is 10.0. The first-order valence-electron chi connectivity index (χ1n) is 8.04. The molecule has 0 spiro atoms. The Kier molecular flexibility index (Phi) is 5.88. The smallest absolute Gasteiger partial charge is 0.225 e. The minimum Gasteiger partial charge on any atom is -0.352 e. The molecule has 0 radical (unpaired) electrons. The van der Waals surface area contributed by atoms with E-state index in [2.05, 4.69) is 10.6 Å². The fourth-order valence-corrected chi connectivity index (χ4v) is 3.77. The Labute approximate surface area is 132 Å². The van der Waals surface area contributed by atoms with Gasteiger partial charge in [-0.25, -0.2) is 0 Å². The zero-order valence-electron chi connectivity index (χ0n) is 12.5. The van der Waals surface area contributed by atoms with Crippen LogP contribution in [0.2, 0.25) is 0 Å². The van der Waals surface area contributed by atoms with Gasteiger partial charge in [-0.2, -0.15) is 0 Å². The number of nitrogens with zero attached hydrogens (tertiary/aromatic N) is 1. The van der Waals surface area contributed by atoms with Crippen LogP contribution in [0.25, 0.3) is 0 Å². The topological polar surface area (TPSA) is 61.4 Å². The molecule has 2 heterocycles. The van der Waals surface area contributed by atoms with Gasteiger partial charge < -0.3 is 15.5 Å². The zero-order valence-corrected chi connectivity index (χ0v) is 13.3. The number of hydrogen-bond acceptors (Lipinski definition) is 3. The van der Waals surface area contributed by atoms with Gasteiger partial charge in [-0.05, 0) is 32.2 Å². The van der Waals surface area contributed by atoms with Crippen LogP contribution in [0.15, 0.2) is 0 Å². The van der Waals surface area contributed by atoms with Crippen molar-refractivity contribution in [2.75, 3.05) is 19.6 Å². The largest absolute Gasteiger partial charge is 0.352 e. The average molecular weight is 316 g/mol. The lowest BCUT2D eigenvalue weighted by Crippen LogP contribution is -2.48. The monoisotopic (exact) mass is 315 g/mol. The molecule has 120 valence electrons. The van der Waals surface area contributed by atoms with E-state index >= 15 is 0 Å². The SMILES string of the molecule is Cl.O=C(NC1CCCNC1)C1CC(=O)N(C2CCCC2)C1. The Bertz CT molecular complexity index is 379. The van der Waals surface area contributed by atoms with E-state index in [1.807, 2.05) is 4.90 Å². The molecule has 2 atom stereocenters. The van der Waals surface area contributed by atoms with E-state index < -0.39 is 0 Å². The average Bonchev–Trinajstić information content (AvgIpc) is 3.08. The first-order valence-corrected chi connectivity index (χ1v) is 8.04. The summed E-state index contributed by atoms with van der Waals surface area (Å²) in [5.41, 5.74) is 0. The van der Waals surface area contributed by atoms with E-state index in [1.165, 1.54) is 12.8 Å². The van der Waals surface area contributed by atoms with E-state index in [0.717, 1.165) is 38.8 Å². The number of hydrogen-bond donors (Lipinski definition) is 2. The highest BCUT2D eigenvalue weighted by molar-refractivity contribution is 5.89. The third-order valence-electron chi connectivity index (χ3n) is 4.94. The van der Waals surface area contributed by atoms with Crippen molar-refractivity contribution in [2.45, 2.75) is 57.0 Å². The Hall–Kier alpha value is -0.810. The van der Waals surface area contributed by atoms with Crippen molar-refractivity contribution >= 4 is 24.2 Å². The number of likely N-dealkylation sites (tertiary alicyclic amines) is 1. The molecule has 2 N–H and O–H groups in total. The highest BCUT2D eigenvalue weighted by atomic mass is 35.5. The molecular weight excluding hydrogens is 290 g/mol. The molecule has 6 heteroatoms. The molecule has 0 aromatic carbocycles. The van der Waals surface area contributed by atoms with E-state index in [9.17, 15) is 9.59 Å². The third-order valence-corrected chi connectivity index (χ3v) is 4.94. The van der Waals surface area contributed by atoms with Gasteiger partial charge in [-0.1, -0.05) is 12.8 Å². The van der Waals surface area contributed by atoms with Crippen LogP contribution in [-0.2, 0) is 9.59 Å². The summed E-state index contributed by atoms with van der Waals surface area (Å²) in [7, 11) is 0. The summed E-state index contributed by atoms with van der Waals surface area (Å²) >= 11 is 0. The first kappa shape index (κ1) is 16.6. The minimum atomic E-state index is -0.134. The second-order valence-corrected chi connectivity index (χ2v) is 6.44. The van der Waals surface area contributed by atoms with Gasteiger partial charge >= 0.3 is 0 Å². The van der Waals surface area contributed by atoms with Crippen LogP contribution in [-0.4, -0.2) is 48.4 Å². The molecule has 0 bridgehead atoms. The number of rotatable bonds is 3. The quantitative estimate of drug-likeness (QED) is 0.819. The third kappa shape index (κ3) is 3.89. The normalized spacial score (nSPS) is 30.3. The Morgan fingerprint density at radius 3 is 2.62 bits per heavy atom. The Balaban J connectivity index is 0.00000161. The van der Waals surface area contributed by atoms with Gasteiger partial charge in [0.25, 0.3) is 0 Å². The summed E-state index contributed by atoms with van der Waals surface area (Å²) in [5.74, 6) is 0.122. The second-order valence-electron chi connectivity index (χ2n) is 6.44. The maximum absolute atomic E-state index is 12.3. The van der Waals surface area contributed by atoms with E-state index in [-0.39, 0.29) is 36.2 Å². The molecular formula is C15H26ClN3O2. The van der Waals surface area contributed by atoms with Gasteiger partial charge in [0.05, 0.1) is 5.92 Å². The molecule has 2 unspecified atom stereocenters. The van der Waals surface area contributed by atoms with Gasteiger partial charge in [-0.3, -0.25) is 9.59 Å². The lowest BCUT2D eigenvalue weighted by Gasteiger charge is -2.26. The van der Waals surface area contributed by atoms with E-state index in [1.54, 1.807) is 0 Å². The maximum Gasteiger partial charge on any atom is 0.225 e. The standard InChI is InChI=1S/C15H25N3O2.ClH/c19-14-8-11(10-18(14)13-5-1-2-6-13)15(20)17-12-4-3-7-16-9-12;/h11-13,16H,1-10H2,(H,17,20);1H. The van der Waals surface area contributed by atoms with Crippen LogP contribution in [0, 0.1) is 5.92 Å². The molecule has 2 amide bonds. The summed E-state index contributed by atoms with van der Waals surface area (Å²) in [6, 6.07) is 0.642. The predicted molar refractivity (Wildman–Crippen MR) is 83.4 cm³/mol. The number of amides is 2. The van der Waals surface area contributed by atoms with Gasteiger partial charge in [0.2, 0.25) is 11.8 Å². The predicted octanol–water partition coefficient (Wildman–Crippen LogP) is 1.07. The highest BCUT2D eigenvalue weighted by Gasteiger charge is 2.39. The van der Waals surface area contributed by atoms with Crippen LogP contribution >= 0.6 is 12.4 Å². The molecule has 2 aliphatic heterocycles. The minimum absolute atomic E-state index is 0. The van der Waals surface area contributed by atoms with Crippen molar-refractivity contribution in [1.29, 1.82) is 0 Å². The Morgan fingerprint density at radius 1 is 1.19 bits per heavy atom. The van der Waals surface area contributed by atoms with Crippen molar-refractivity contribution in [3.8, 4) is 0 Å². The number of carbonyl (C=O) groups excluding carboxylic acids is 2. The van der Waals surface area contributed by atoms with Crippen molar-refractivity contribution in [1.82, 2.24) is 15.5 Å². The molecule has 1 saturated carbocycles. The molecule has 5 nitrogen and oxygen atoms in total. The number of nitrogens with one attached hydrogen (secondary N) is 2. The maximum atomic E-state index is 12.3. The molecule has 1 aliphatic carbocycles. The molecule has 2 saturated heterocycles. The zero-order chi connectivity index (χ0) is 13.9. The van der Waals surface area contributed by atoms with Crippen LogP contribution in [0.3, 0.4) is 0 Å². The summed E-state index contributed by atoms with van der Waals surface area (Å²) < 4.78 is 0. The van der Waals surface area contributed by atoms with Gasteiger partial charge in [0, 0.05) is 31.6 Å². The van der Waals surface area contributed by atoms with E-state index in [0.29, 0.717) is 19.0 Å². The molecule has 21 heavy (non-hydrogen) atoms. The van der Waals surface area contributed by atoms with Gasteiger partial charge in [-0.15, -0.1) is 12.4 Å². The second kappa shape index (κ2) is 7.45. The van der Waals surface area contributed by atoms with Crippen LogP contribution in [0.5, 0.6) is 0 Å². The number of carbonyl (C=O) groups is 2. The van der Waals surface area contributed by atoms with Crippen molar-refractivity contribution in [3.05, 3.63) is 0 Å². The van der Waals surface area contributed by atoms with Gasteiger partial charge in [0.15, 0.2) is 0 Å². The summed E-state index contributed by atoms with van der Waals surface area (Å²) in [6.45, 7) is 2.54. The van der Waals surface area contributed by atoms with Crippen LogP contribution < -0.4 is 10.6 Å². The molecule has 3 fully saturated rings. The summed E-state index contributed by atoms with van der Waals surface area (Å²) in [6.07, 6.45) is 7.24. The fourth-order valence-electron chi connectivity index (χ4n) is 3.77. The molecule has 3 aliphatic rings.